The molecule has 160 valence electrons. The number of allylic oxidation sites excluding steroid dienone is 1. The number of para-hydroxylation sites is 1. The molecule has 0 saturated heterocycles. The number of ether oxygens (including phenoxy) is 3. The van der Waals surface area contributed by atoms with Crippen molar-refractivity contribution in [2.75, 3.05) is 21.3 Å². The molecule has 0 fully saturated rings. The summed E-state index contributed by atoms with van der Waals surface area (Å²) in [7, 11) is 4.55. The first-order chi connectivity index (χ1) is 15.7. The summed E-state index contributed by atoms with van der Waals surface area (Å²) in [6.07, 6.45) is 5.20. The van der Waals surface area contributed by atoms with Crippen molar-refractivity contribution in [1.29, 1.82) is 0 Å². The molecule has 5 heteroatoms. The molecule has 0 spiro atoms. The van der Waals surface area contributed by atoms with E-state index in [1.165, 1.54) is 27.4 Å². The van der Waals surface area contributed by atoms with E-state index in [1.807, 2.05) is 60.8 Å². The molecule has 4 rings (SSSR count). The van der Waals surface area contributed by atoms with Gasteiger partial charge in [0.2, 0.25) is 5.75 Å². The Morgan fingerprint density at radius 1 is 0.844 bits per heavy atom. The number of ketones is 1. The summed E-state index contributed by atoms with van der Waals surface area (Å²) in [6, 6.07) is 21.4. The van der Waals surface area contributed by atoms with Gasteiger partial charge in [0.25, 0.3) is 0 Å². The van der Waals surface area contributed by atoms with E-state index in [0.717, 1.165) is 27.6 Å². The summed E-state index contributed by atoms with van der Waals surface area (Å²) in [5.41, 5.74) is 4.23. The molecule has 0 aliphatic heterocycles. The maximum Gasteiger partial charge on any atom is 0.204 e. The number of aromatic nitrogens is 1. The lowest BCUT2D eigenvalue weighted by molar-refractivity contribution is 0.104. The fourth-order valence-corrected chi connectivity index (χ4v) is 3.67. The van der Waals surface area contributed by atoms with Gasteiger partial charge in [-0.05, 0) is 41.5 Å². The van der Waals surface area contributed by atoms with E-state index in [-0.39, 0.29) is 5.78 Å². The Hall–Kier alpha value is -4.12. The van der Waals surface area contributed by atoms with Crippen molar-refractivity contribution in [2.45, 2.75) is 0 Å². The SMILES string of the molecule is COc1ccc(C(=O)/C=C/c2ccccc2-c2cnc3ccccc3c2)c(OC)c1OC. The predicted molar refractivity (Wildman–Crippen MR) is 127 cm³/mol. The highest BCUT2D eigenvalue weighted by Crippen LogP contribution is 2.40. The molecule has 32 heavy (non-hydrogen) atoms. The number of carbonyl (C=O) groups is 1. The van der Waals surface area contributed by atoms with E-state index in [4.69, 9.17) is 14.2 Å². The maximum atomic E-state index is 13.0. The minimum absolute atomic E-state index is 0.200. The van der Waals surface area contributed by atoms with Gasteiger partial charge < -0.3 is 14.2 Å². The Morgan fingerprint density at radius 2 is 1.59 bits per heavy atom. The van der Waals surface area contributed by atoms with Crippen LogP contribution in [0.4, 0.5) is 0 Å². The molecule has 0 saturated carbocycles. The molecule has 5 nitrogen and oxygen atoms in total. The minimum atomic E-state index is -0.200. The molecule has 0 bridgehead atoms. The second-order valence-electron chi connectivity index (χ2n) is 7.08. The zero-order valence-corrected chi connectivity index (χ0v) is 18.2. The maximum absolute atomic E-state index is 13.0. The number of hydrogen-bond donors (Lipinski definition) is 0. The quantitative estimate of drug-likeness (QED) is 0.276. The summed E-state index contributed by atoms with van der Waals surface area (Å²) in [5, 5.41) is 1.06. The molecule has 1 aromatic heterocycles. The van der Waals surface area contributed by atoms with Gasteiger partial charge in [-0.1, -0.05) is 48.5 Å². The van der Waals surface area contributed by atoms with Crippen LogP contribution in [0, 0.1) is 0 Å². The number of methoxy groups -OCH3 is 3. The van der Waals surface area contributed by atoms with Crippen molar-refractivity contribution in [1.82, 2.24) is 4.98 Å². The monoisotopic (exact) mass is 425 g/mol. The van der Waals surface area contributed by atoms with Gasteiger partial charge in [0.15, 0.2) is 17.3 Å². The molecular weight excluding hydrogens is 402 g/mol. The Morgan fingerprint density at radius 3 is 2.38 bits per heavy atom. The molecule has 4 aromatic rings. The summed E-state index contributed by atoms with van der Waals surface area (Å²) < 4.78 is 16.1. The van der Waals surface area contributed by atoms with Crippen LogP contribution in [-0.4, -0.2) is 32.1 Å². The lowest BCUT2D eigenvalue weighted by Crippen LogP contribution is -2.03. The van der Waals surface area contributed by atoms with Crippen LogP contribution < -0.4 is 14.2 Å². The first-order valence-corrected chi connectivity index (χ1v) is 10.1. The van der Waals surface area contributed by atoms with E-state index in [2.05, 4.69) is 11.1 Å². The smallest absolute Gasteiger partial charge is 0.204 e. The third kappa shape index (κ3) is 4.05. The van der Waals surface area contributed by atoms with Crippen LogP contribution in [0.1, 0.15) is 15.9 Å². The van der Waals surface area contributed by atoms with Gasteiger partial charge in [-0.2, -0.15) is 0 Å². The summed E-state index contributed by atoms with van der Waals surface area (Å²) >= 11 is 0. The van der Waals surface area contributed by atoms with Crippen LogP contribution in [0.5, 0.6) is 17.2 Å². The van der Waals surface area contributed by atoms with Crippen molar-refractivity contribution in [3.63, 3.8) is 0 Å². The summed E-state index contributed by atoms with van der Waals surface area (Å²) in [6.45, 7) is 0. The topological polar surface area (TPSA) is 57.7 Å². The van der Waals surface area contributed by atoms with Gasteiger partial charge in [0.1, 0.15) is 0 Å². The first kappa shape index (κ1) is 21.1. The van der Waals surface area contributed by atoms with Crippen LogP contribution >= 0.6 is 0 Å². The molecule has 0 N–H and O–H groups in total. The highest BCUT2D eigenvalue weighted by molar-refractivity contribution is 6.09. The van der Waals surface area contributed by atoms with Gasteiger partial charge in [-0.3, -0.25) is 9.78 Å². The zero-order chi connectivity index (χ0) is 22.5. The van der Waals surface area contributed by atoms with Crippen LogP contribution in [0.3, 0.4) is 0 Å². The fourth-order valence-electron chi connectivity index (χ4n) is 3.67. The number of rotatable bonds is 7. The van der Waals surface area contributed by atoms with Crippen LogP contribution in [0.15, 0.2) is 79.0 Å². The van der Waals surface area contributed by atoms with E-state index < -0.39 is 0 Å². The molecule has 0 amide bonds. The van der Waals surface area contributed by atoms with Gasteiger partial charge in [-0.25, -0.2) is 0 Å². The van der Waals surface area contributed by atoms with E-state index in [1.54, 1.807) is 12.1 Å². The molecule has 0 atom stereocenters. The number of pyridine rings is 1. The zero-order valence-electron chi connectivity index (χ0n) is 18.2. The molecule has 1 heterocycles. The lowest BCUT2D eigenvalue weighted by Gasteiger charge is -2.14. The first-order valence-electron chi connectivity index (χ1n) is 10.1. The third-order valence-electron chi connectivity index (χ3n) is 5.25. The number of nitrogens with zero attached hydrogens (tertiary/aromatic N) is 1. The molecular formula is C27H23NO4. The average Bonchev–Trinajstić information content (AvgIpc) is 2.86. The van der Waals surface area contributed by atoms with E-state index >= 15 is 0 Å². The van der Waals surface area contributed by atoms with Gasteiger partial charge in [0.05, 0.1) is 32.4 Å². The van der Waals surface area contributed by atoms with Crippen molar-refractivity contribution in [2.24, 2.45) is 0 Å². The fraction of sp³-hybridized carbons (Fsp3) is 0.111. The highest BCUT2D eigenvalue weighted by Gasteiger charge is 2.19. The van der Waals surface area contributed by atoms with Crippen LogP contribution in [0.25, 0.3) is 28.1 Å². The van der Waals surface area contributed by atoms with Gasteiger partial charge in [-0.15, -0.1) is 0 Å². The standard InChI is InChI=1S/C27H23NO4/c1-30-25-15-13-22(26(31-2)27(25)32-3)24(29)14-12-18-8-4-6-10-21(18)20-16-19-9-5-7-11-23(19)28-17-20/h4-17H,1-3H3/b14-12+. The lowest BCUT2D eigenvalue weighted by atomic mass is 9.98. The molecule has 0 radical (unpaired) electrons. The normalized spacial score (nSPS) is 11.0. The molecule has 0 unspecified atom stereocenters. The minimum Gasteiger partial charge on any atom is -0.493 e. The Bertz CT molecular complexity index is 1310. The predicted octanol–water partition coefficient (Wildman–Crippen LogP) is 5.82. The van der Waals surface area contributed by atoms with Gasteiger partial charge in [0, 0.05) is 17.1 Å². The summed E-state index contributed by atoms with van der Waals surface area (Å²) in [4.78, 5) is 17.6. The molecule has 0 aliphatic carbocycles. The van der Waals surface area contributed by atoms with Crippen molar-refractivity contribution < 1.29 is 19.0 Å². The van der Waals surface area contributed by atoms with Crippen LogP contribution in [-0.2, 0) is 0 Å². The number of benzene rings is 3. The average molecular weight is 425 g/mol. The van der Waals surface area contributed by atoms with E-state index in [0.29, 0.717) is 22.8 Å². The summed E-state index contributed by atoms with van der Waals surface area (Å²) in [5.74, 6) is 1.03. The number of carbonyl (C=O) groups excluding carboxylic acids is 1. The molecule has 0 aliphatic rings. The Balaban J connectivity index is 1.70. The van der Waals surface area contributed by atoms with Crippen LogP contribution in [0.2, 0.25) is 0 Å². The second-order valence-corrected chi connectivity index (χ2v) is 7.08. The van der Waals surface area contributed by atoms with Gasteiger partial charge >= 0.3 is 0 Å². The van der Waals surface area contributed by atoms with Crippen molar-refractivity contribution in [3.8, 4) is 28.4 Å². The Labute approximate surface area is 186 Å². The van der Waals surface area contributed by atoms with Crippen molar-refractivity contribution in [3.05, 3.63) is 90.1 Å². The Kier molecular flexibility index (Phi) is 6.17. The third-order valence-corrected chi connectivity index (χ3v) is 5.25. The van der Waals surface area contributed by atoms with Crippen molar-refractivity contribution >= 4 is 22.8 Å². The largest absolute Gasteiger partial charge is 0.493 e. The molecule has 3 aromatic carbocycles. The number of fused-ring (bicyclic) bond motifs is 1. The number of hydrogen-bond acceptors (Lipinski definition) is 5. The second kappa shape index (κ2) is 9.35. The van der Waals surface area contributed by atoms with E-state index in [9.17, 15) is 4.79 Å². The highest BCUT2D eigenvalue weighted by atomic mass is 16.5.